The highest BCUT2D eigenvalue weighted by Crippen LogP contribution is 2.14. The Hall–Kier alpha value is -3.19. The van der Waals surface area contributed by atoms with Gasteiger partial charge in [0, 0.05) is 23.6 Å². The quantitative estimate of drug-likeness (QED) is 0.612. The molecule has 0 fully saturated rings. The zero-order chi connectivity index (χ0) is 17.2. The largest absolute Gasteiger partial charge is 0.319 e. The molecule has 0 unspecified atom stereocenters. The van der Waals surface area contributed by atoms with Crippen molar-refractivity contribution in [1.29, 1.82) is 0 Å². The third-order valence-corrected chi connectivity index (χ3v) is 3.92. The number of carbonyl (C=O) groups excluding carboxylic acids is 1. The lowest BCUT2D eigenvalue weighted by molar-refractivity contribution is 0.102. The Bertz CT molecular complexity index is 1040. The normalized spacial score (nSPS) is 10.9. The first-order valence-electron chi connectivity index (χ1n) is 7.56. The van der Waals surface area contributed by atoms with Crippen LogP contribution in [0.15, 0.2) is 61.3 Å². The van der Waals surface area contributed by atoms with Crippen LogP contribution < -0.4 is 5.32 Å². The molecule has 0 atom stereocenters. The molecule has 1 amide bonds. The number of halogens is 1. The van der Waals surface area contributed by atoms with Crippen molar-refractivity contribution in [3.8, 4) is 0 Å². The van der Waals surface area contributed by atoms with Crippen LogP contribution in [-0.4, -0.2) is 30.3 Å². The Morgan fingerprint density at radius 2 is 2.00 bits per heavy atom. The summed E-state index contributed by atoms with van der Waals surface area (Å²) in [5.74, 6) is -0.278. The molecule has 8 heteroatoms. The van der Waals surface area contributed by atoms with E-state index >= 15 is 0 Å². The molecule has 3 heterocycles. The van der Waals surface area contributed by atoms with Gasteiger partial charge in [0.2, 0.25) is 0 Å². The molecule has 4 aromatic rings. The second-order valence-corrected chi connectivity index (χ2v) is 5.89. The number of hydrogen-bond donors (Lipinski definition) is 1. The van der Waals surface area contributed by atoms with Gasteiger partial charge in [-0.25, -0.2) is 9.50 Å². The van der Waals surface area contributed by atoms with Crippen molar-refractivity contribution in [2.24, 2.45) is 0 Å². The highest BCUT2D eigenvalue weighted by atomic mass is 35.5. The fraction of sp³-hybridized carbons (Fsp3) is 0.0588. The number of benzene rings is 1. The number of carbonyl (C=O) groups is 1. The molecule has 124 valence electrons. The average Bonchev–Trinajstić information content (AvgIpc) is 3.23. The summed E-state index contributed by atoms with van der Waals surface area (Å²) in [6.07, 6.45) is 8.23. The van der Waals surface area contributed by atoms with Crippen molar-refractivity contribution in [2.75, 3.05) is 5.32 Å². The molecule has 7 nitrogen and oxygen atoms in total. The molecule has 0 aliphatic carbocycles. The minimum Gasteiger partial charge on any atom is -0.319 e. The SMILES string of the molecule is O=C(Nc1cnn(Cc2ccc(Cl)cc2)c1)c1cnn2cccnc12. The van der Waals surface area contributed by atoms with Crippen LogP contribution in [0.3, 0.4) is 0 Å². The number of rotatable bonds is 4. The van der Waals surface area contributed by atoms with Crippen LogP contribution in [-0.2, 0) is 6.54 Å². The average molecular weight is 353 g/mol. The smallest absolute Gasteiger partial charge is 0.261 e. The van der Waals surface area contributed by atoms with Gasteiger partial charge in [0.25, 0.3) is 5.91 Å². The Balaban J connectivity index is 1.49. The van der Waals surface area contributed by atoms with E-state index in [0.29, 0.717) is 28.5 Å². The maximum atomic E-state index is 12.4. The number of nitrogens with zero attached hydrogens (tertiary/aromatic N) is 5. The van der Waals surface area contributed by atoms with Gasteiger partial charge < -0.3 is 5.32 Å². The maximum absolute atomic E-state index is 12.4. The van der Waals surface area contributed by atoms with Gasteiger partial charge in [0.15, 0.2) is 5.65 Å². The number of fused-ring (bicyclic) bond motifs is 1. The van der Waals surface area contributed by atoms with E-state index in [-0.39, 0.29) is 5.91 Å². The van der Waals surface area contributed by atoms with Gasteiger partial charge in [-0.3, -0.25) is 9.48 Å². The van der Waals surface area contributed by atoms with Gasteiger partial charge in [0.1, 0.15) is 5.56 Å². The van der Waals surface area contributed by atoms with Crippen LogP contribution in [0.25, 0.3) is 5.65 Å². The first kappa shape index (κ1) is 15.3. The lowest BCUT2D eigenvalue weighted by Gasteiger charge is -2.02. The van der Waals surface area contributed by atoms with Gasteiger partial charge in [-0.05, 0) is 23.8 Å². The third-order valence-electron chi connectivity index (χ3n) is 3.67. The molecule has 1 N–H and O–H groups in total. The molecule has 0 aliphatic rings. The predicted molar refractivity (Wildman–Crippen MR) is 93.7 cm³/mol. The summed E-state index contributed by atoms with van der Waals surface area (Å²) in [6, 6.07) is 9.30. The molecule has 0 spiro atoms. The number of nitrogens with one attached hydrogen (secondary N) is 1. The van der Waals surface area contributed by atoms with Crippen LogP contribution in [0, 0.1) is 0 Å². The van der Waals surface area contributed by atoms with Crippen molar-refractivity contribution in [3.05, 3.63) is 77.5 Å². The molecular weight excluding hydrogens is 340 g/mol. The van der Waals surface area contributed by atoms with Gasteiger partial charge in [-0.2, -0.15) is 10.2 Å². The lowest BCUT2D eigenvalue weighted by Crippen LogP contribution is -2.11. The minimum atomic E-state index is -0.278. The second kappa shape index (κ2) is 6.37. The molecule has 0 bridgehead atoms. The second-order valence-electron chi connectivity index (χ2n) is 5.45. The Kier molecular flexibility index (Phi) is 3.91. The van der Waals surface area contributed by atoms with Crippen LogP contribution in [0.4, 0.5) is 5.69 Å². The Morgan fingerprint density at radius 1 is 1.16 bits per heavy atom. The predicted octanol–water partition coefficient (Wildman–Crippen LogP) is 2.88. The van der Waals surface area contributed by atoms with E-state index in [1.807, 2.05) is 24.3 Å². The number of aromatic nitrogens is 5. The summed E-state index contributed by atoms with van der Waals surface area (Å²) in [6.45, 7) is 0.589. The van der Waals surface area contributed by atoms with Crippen molar-refractivity contribution in [2.45, 2.75) is 6.54 Å². The van der Waals surface area contributed by atoms with E-state index in [1.165, 1.54) is 6.20 Å². The van der Waals surface area contributed by atoms with Crippen molar-refractivity contribution < 1.29 is 4.79 Å². The van der Waals surface area contributed by atoms with E-state index in [1.54, 1.807) is 40.1 Å². The third kappa shape index (κ3) is 3.22. The van der Waals surface area contributed by atoms with Crippen LogP contribution in [0.5, 0.6) is 0 Å². The van der Waals surface area contributed by atoms with E-state index in [2.05, 4.69) is 20.5 Å². The van der Waals surface area contributed by atoms with Crippen molar-refractivity contribution >= 4 is 28.8 Å². The van der Waals surface area contributed by atoms with Crippen molar-refractivity contribution in [3.63, 3.8) is 0 Å². The van der Waals surface area contributed by atoms with Gasteiger partial charge >= 0.3 is 0 Å². The summed E-state index contributed by atoms with van der Waals surface area (Å²) < 4.78 is 3.30. The number of hydrogen-bond acceptors (Lipinski definition) is 4. The molecule has 3 aromatic heterocycles. The summed E-state index contributed by atoms with van der Waals surface area (Å²) in [7, 11) is 0. The molecule has 4 rings (SSSR count). The lowest BCUT2D eigenvalue weighted by atomic mass is 10.2. The van der Waals surface area contributed by atoms with Crippen LogP contribution in [0.1, 0.15) is 15.9 Å². The Morgan fingerprint density at radius 3 is 2.84 bits per heavy atom. The van der Waals surface area contributed by atoms with Crippen LogP contribution in [0.2, 0.25) is 5.02 Å². The summed E-state index contributed by atoms with van der Waals surface area (Å²) >= 11 is 5.88. The highest BCUT2D eigenvalue weighted by molar-refractivity contribution is 6.30. The van der Waals surface area contributed by atoms with Gasteiger partial charge in [-0.15, -0.1) is 0 Å². The molecule has 25 heavy (non-hydrogen) atoms. The van der Waals surface area contributed by atoms with Crippen LogP contribution >= 0.6 is 11.6 Å². The molecular formula is C17H13ClN6O. The molecule has 1 aromatic carbocycles. The Labute approximate surface area is 147 Å². The van der Waals surface area contributed by atoms with Crippen molar-refractivity contribution in [1.82, 2.24) is 24.4 Å². The molecule has 0 saturated carbocycles. The molecule has 0 saturated heterocycles. The topological polar surface area (TPSA) is 77.1 Å². The first-order chi connectivity index (χ1) is 12.2. The van der Waals surface area contributed by atoms with E-state index in [0.717, 1.165) is 5.56 Å². The fourth-order valence-corrected chi connectivity index (χ4v) is 2.60. The number of anilines is 1. The zero-order valence-electron chi connectivity index (χ0n) is 13.0. The molecule has 0 radical (unpaired) electrons. The minimum absolute atomic E-state index is 0.278. The maximum Gasteiger partial charge on any atom is 0.261 e. The van der Waals surface area contributed by atoms with E-state index in [4.69, 9.17) is 11.6 Å². The van der Waals surface area contributed by atoms with E-state index in [9.17, 15) is 4.79 Å². The summed E-state index contributed by atoms with van der Waals surface area (Å²) in [5.41, 5.74) is 2.59. The first-order valence-corrected chi connectivity index (χ1v) is 7.93. The zero-order valence-corrected chi connectivity index (χ0v) is 13.8. The monoisotopic (exact) mass is 352 g/mol. The van der Waals surface area contributed by atoms with Gasteiger partial charge in [-0.1, -0.05) is 23.7 Å². The van der Waals surface area contributed by atoms with E-state index < -0.39 is 0 Å². The highest BCUT2D eigenvalue weighted by Gasteiger charge is 2.14. The number of amides is 1. The van der Waals surface area contributed by atoms with Gasteiger partial charge in [0.05, 0.1) is 24.6 Å². The molecule has 0 aliphatic heterocycles. The summed E-state index contributed by atoms with van der Waals surface area (Å²) in [4.78, 5) is 16.6. The fourth-order valence-electron chi connectivity index (χ4n) is 2.48. The summed E-state index contributed by atoms with van der Waals surface area (Å²) in [5, 5.41) is 11.9. The standard InChI is InChI=1S/C17H13ClN6O/c18-13-4-2-12(3-5-13)10-23-11-14(8-20-23)22-17(25)15-9-21-24-7-1-6-19-16(15)24/h1-9,11H,10H2,(H,22,25).